The quantitative estimate of drug-likeness (QED) is 0.817. The SMILES string of the molecule is Cc1nnc(COCc2nc(CC(=O)NC3CCCC3)no2)s1. The van der Waals surface area contributed by atoms with E-state index in [0.29, 0.717) is 24.4 Å². The van der Waals surface area contributed by atoms with Crippen molar-refractivity contribution < 1.29 is 14.1 Å². The van der Waals surface area contributed by atoms with Crippen molar-refractivity contribution in [2.75, 3.05) is 0 Å². The van der Waals surface area contributed by atoms with Gasteiger partial charge in [-0.05, 0) is 19.8 Å². The summed E-state index contributed by atoms with van der Waals surface area (Å²) in [4.78, 5) is 16.1. The van der Waals surface area contributed by atoms with Gasteiger partial charge in [0.25, 0.3) is 5.89 Å². The Kier molecular flexibility index (Phi) is 5.29. The first-order valence-electron chi connectivity index (χ1n) is 7.66. The third-order valence-corrected chi connectivity index (χ3v) is 4.38. The van der Waals surface area contributed by atoms with Crippen LogP contribution in [0.5, 0.6) is 0 Å². The summed E-state index contributed by atoms with van der Waals surface area (Å²) in [6.45, 7) is 2.43. The van der Waals surface area contributed by atoms with E-state index in [2.05, 4.69) is 25.7 Å². The maximum absolute atomic E-state index is 11.9. The molecule has 2 heterocycles. The first-order valence-corrected chi connectivity index (χ1v) is 8.48. The Labute approximate surface area is 137 Å². The number of carbonyl (C=O) groups is 1. The molecule has 0 unspecified atom stereocenters. The zero-order chi connectivity index (χ0) is 16.1. The fraction of sp³-hybridized carbons (Fsp3) is 0.643. The summed E-state index contributed by atoms with van der Waals surface area (Å²) in [6, 6.07) is 0.299. The van der Waals surface area contributed by atoms with Crippen LogP contribution in [0.15, 0.2) is 4.52 Å². The number of hydrogen-bond acceptors (Lipinski definition) is 8. The maximum atomic E-state index is 11.9. The van der Waals surface area contributed by atoms with E-state index in [4.69, 9.17) is 9.26 Å². The molecule has 1 fully saturated rings. The van der Waals surface area contributed by atoms with Gasteiger partial charge in [-0.1, -0.05) is 29.3 Å². The van der Waals surface area contributed by atoms with Gasteiger partial charge in [-0.2, -0.15) is 4.98 Å². The Bertz CT molecular complexity index is 650. The summed E-state index contributed by atoms with van der Waals surface area (Å²) >= 11 is 1.48. The molecular weight excluding hydrogens is 318 g/mol. The predicted molar refractivity (Wildman–Crippen MR) is 81.5 cm³/mol. The van der Waals surface area contributed by atoms with Crippen molar-refractivity contribution in [1.29, 1.82) is 0 Å². The number of rotatable bonds is 7. The van der Waals surface area contributed by atoms with E-state index in [9.17, 15) is 4.79 Å². The third-order valence-electron chi connectivity index (χ3n) is 3.57. The summed E-state index contributed by atoms with van der Waals surface area (Å²) in [5.74, 6) is 0.676. The van der Waals surface area contributed by atoms with Crippen LogP contribution < -0.4 is 5.32 Å². The first kappa shape index (κ1) is 16.0. The fourth-order valence-electron chi connectivity index (χ4n) is 2.53. The van der Waals surface area contributed by atoms with E-state index < -0.39 is 0 Å². The number of amides is 1. The van der Waals surface area contributed by atoms with Crippen LogP contribution in [0.25, 0.3) is 0 Å². The highest BCUT2D eigenvalue weighted by Gasteiger charge is 2.18. The molecule has 1 aliphatic carbocycles. The largest absolute Gasteiger partial charge is 0.364 e. The second-order valence-corrected chi connectivity index (χ2v) is 6.80. The topological polar surface area (TPSA) is 103 Å². The van der Waals surface area contributed by atoms with Gasteiger partial charge >= 0.3 is 0 Å². The van der Waals surface area contributed by atoms with Crippen LogP contribution >= 0.6 is 11.3 Å². The Morgan fingerprint density at radius 2 is 2.17 bits per heavy atom. The molecule has 1 saturated carbocycles. The number of aryl methyl sites for hydroxylation is 1. The van der Waals surface area contributed by atoms with E-state index in [1.54, 1.807) is 0 Å². The van der Waals surface area contributed by atoms with E-state index in [1.165, 1.54) is 24.2 Å². The minimum Gasteiger partial charge on any atom is -0.364 e. The monoisotopic (exact) mass is 337 g/mol. The lowest BCUT2D eigenvalue weighted by molar-refractivity contribution is -0.121. The number of nitrogens with one attached hydrogen (secondary N) is 1. The number of ether oxygens (including phenoxy) is 1. The third kappa shape index (κ3) is 4.80. The molecule has 124 valence electrons. The van der Waals surface area contributed by atoms with Gasteiger partial charge in [0.1, 0.15) is 23.2 Å². The van der Waals surface area contributed by atoms with Crippen molar-refractivity contribution in [2.45, 2.75) is 58.3 Å². The molecule has 1 N–H and O–H groups in total. The maximum Gasteiger partial charge on any atom is 0.252 e. The van der Waals surface area contributed by atoms with Gasteiger partial charge in [-0.3, -0.25) is 4.79 Å². The number of hydrogen-bond donors (Lipinski definition) is 1. The molecule has 0 atom stereocenters. The summed E-state index contributed by atoms with van der Waals surface area (Å²) < 4.78 is 10.5. The molecule has 3 rings (SSSR count). The van der Waals surface area contributed by atoms with Gasteiger partial charge in [-0.25, -0.2) is 0 Å². The fourth-order valence-corrected chi connectivity index (χ4v) is 3.18. The Balaban J connectivity index is 1.41. The molecule has 23 heavy (non-hydrogen) atoms. The lowest BCUT2D eigenvalue weighted by atomic mass is 10.2. The molecule has 1 aliphatic rings. The molecule has 0 aliphatic heterocycles. The van der Waals surface area contributed by atoms with Crippen molar-refractivity contribution in [3.63, 3.8) is 0 Å². The Morgan fingerprint density at radius 3 is 2.91 bits per heavy atom. The van der Waals surface area contributed by atoms with Crippen molar-refractivity contribution in [3.05, 3.63) is 21.7 Å². The summed E-state index contributed by atoms with van der Waals surface area (Å²) in [6.07, 6.45) is 4.62. The molecule has 0 aromatic carbocycles. The molecule has 1 amide bonds. The molecule has 2 aromatic heterocycles. The number of aromatic nitrogens is 4. The summed E-state index contributed by atoms with van der Waals surface area (Å²) in [5.41, 5.74) is 0. The average Bonchev–Trinajstić information content (AvgIpc) is 3.23. The minimum atomic E-state index is -0.0606. The number of carbonyl (C=O) groups excluding carboxylic acids is 1. The van der Waals surface area contributed by atoms with Gasteiger partial charge in [0.15, 0.2) is 5.82 Å². The zero-order valence-electron chi connectivity index (χ0n) is 12.9. The minimum absolute atomic E-state index is 0.0606. The number of nitrogens with zero attached hydrogens (tertiary/aromatic N) is 4. The lowest BCUT2D eigenvalue weighted by Crippen LogP contribution is -2.33. The van der Waals surface area contributed by atoms with Crippen LogP contribution in [-0.2, 0) is 29.2 Å². The van der Waals surface area contributed by atoms with E-state index in [-0.39, 0.29) is 18.9 Å². The molecular formula is C14H19N5O3S. The second kappa shape index (κ2) is 7.60. The van der Waals surface area contributed by atoms with Gasteiger partial charge in [0.05, 0.1) is 6.42 Å². The molecule has 8 nitrogen and oxygen atoms in total. The summed E-state index contributed by atoms with van der Waals surface area (Å²) in [7, 11) is 0. The van der Waals surface area contributed by atoms with Gasteiger partial charge < -0.3 is 14.6 Å². The summed E-state index contributed by atoms with van der Waals surface area (Å²) in [5, 5.41) is 16.4. The van der Waals surface area contributed by atoms with Crippen LogP contribution in [0.2, 0.25) is 0 Å². The van der Waals surface area contributed by atoms with Crippen molar-refractivity contribution in [1.82, 2.24) is 25.7 Å². The van der Waals surface area contributed by atoms with E-state index in [0.717, 1.165) is 22.9 Å². The molecule has 2 aromatic rings. The average molecular weight is 337 g/mol. The van der Waals surface area contributed by atoms with Crippen LogP contribution in [0, 0.1) is 6.92 Å². The van der Waals surface area contributed by atoms with Gasteiger partial charge in [0, 0.05) is 6.04 Å². The second-order valence-electron chi connectivity index (χ2n) is 5.54. The lowest BCUT2D eigenvalue weighted by Gasteiger charge is -2.10. The van der Waals surface area contributed by atoms with Crippen molar-refractivity contribution in [3.8, 4) is 0 Å². The molecule has 0 bridgehead atoms. The standard InChI is InChI=1S/C14H19N5O3S/c1-9-17-18-14(23-9)8-21-7-13-16-11(19-22-13)6-12(20)15-10-4-2-3-5-10/h10H,2-8H2,1H3,(H,15,20). The van der Waals surface area contributed by atoms with Crippen LogP contribution in [0.4, 0.5) is 0 Å². The molecule has 0 radical (unpaired) electrons. The van der Waals surface area contributed by atoms with Crippen LogP contribution in [-0.4, -0.2) is 32.3 Å². The van der Waals surface area contributed by atoms with Gasteiger partial charge in [-0.15, -0.1) is 10.2 Å². The predicted octanol–water partition coefficient (Wildman–Crippen LogP) is 1.55. The van der Waals surface area contributed by atoms with Gasteiger partial charge in [0.2, 0.25) is 5.91 Å². The first-order chi connectivity index (χ1) is 11.2. The highest BCUT2D eigenvalue weighted by Crippen LogP contribution is 2.17. The molecule has 0 spiro atoms. The zero-order valence-corrected chi connectivity index (χ0v) is 13.8. The highest BCUT2D eigenvalue weighted by atomic mass is 32.1. The van der Waals surface area contributed by atoms with Crippen molar-refractivity contribution >= 4 is 17.2 Å². The Hall–Kier alpha value is -1.87. The highest BCUT2D eigenvalue weighted by molar-refractivity contribution is 7.11. The van der Waals surface area contributed by atoms with Crippen LogP contribution in [0.3, 0.4) is 0 Å². The Morgan fingerprint density at radius 1 is 1.35 bits per heavy atom. The molecule has 9 heteroatoms. The van der Waals surface area contributed by atoms with Crippen LogP contribution in [0.1, 0.15) is 47.4 Å². The normalized spacial score (nSPS) is 15.2. The van der Waals surface area contributed by atoms with Crippen molar-refractivity contribution in [2.24, 2.45) is 0 Å². The smallest absolute Gasteiger partial charge is 0.252 e. The molecule has 0 saturated heterocycles. The van der Waals surface area contributed by atoms with E-state index in [1.807, 2.05) is 6.92 Å². The van der Waals surface area contributed by atoms with E-state index >= 15 is 0 Å².